The smallest absolute Gasteiger partial charge is 0.303 e. The Morgan fingerprint density at radius 2 is 1.09 bits per heavy atom. The minimum absolute atomic E-state index is 0.000872. The van der Waals surface area contributed by atoms with Crippen LogP contribution in [-0.2, 0) is 114 Å². The van der Waals surface area contributed by atoms with Crippen molar-refractivity contribution >= 4 is 47.8 Å². The minimum Gasteiger partial charge on any atom is -0.463 e. The van der Waals surface area contributed by atoms with Crippen molar-refractivity contribution in [1.29, 1.82) is 0 Å². The maximum absolute atomic E-state index is 13.2. The molecule has 4 aliphatic carbocycles. The summed E-state index contributed by atoms with van der Waals surface area (Å²) in [4.78, 5) is 101. The molecule has 5 heterocycles. The fraction of sp³-hybridized carbons (Fsp3) is 0.867. The van der Waals surface area contributed by atoms with E-state index in [1.165, 1.54) is 0 Å². The molecule has 0 aromatic carbocycles. The highest BCUT2D eigenvalue weighted by atomic mass is 16.8. The van der Waals surface area contributed by atoms with Gasteiger partial charge in [-0.15, -0.1) is 0 Å². The Kier molecular flexibility index (Phi) is 20.0. The average molecular weight is 1210 g/mol. The fourth-order valence-corrected chi connectivity index (χ4v) is 16.7. The van der Waals surface area contributed by atoms with Crippen molar-refractivity contribution in [3.63, 3.8) is 0 Å². The Hall–Kier alpha value is -4.60. The molecular formula is C60H88O25. The molecular weight excluding hydrogens is 1120 g/mol. The predicted molar refractivity (Wildman–Crippen MR) is 286 cm³/mol. The van der Waals surface area contributed by atoms with E-state index in [-0.39, 0.29) is 22.9 Å². The average Bonchev–Trinajstić information content (AvgIpc) is 1.70. The summed E-state index contributed by atoms with van der Waals surface area (Å²) in [6.07, 6.45) is -13.3. The summed E-state index contributed by atoms with van der Waals surface area (Å²) in [5.41, 5.74) is 0.146. The van der Waals surface area contributed by atoms with Crippen LogP contribution in [0, 0.1) is 52.3 Å². The molecule has 5 saturated heterocycles. The van der Waals surface area contributed by atoms with Crippen LogP contribution in [-0.4, -0.2) is 183 Å². The van der Waals surface area contributed by atoms with Crippen molar-refractivity contribution in [2.24, 2.45) is 52.3 Å². The number of carbonyl (C=O) groups is 8. The first-order valence-corrected chi connectivity index (χ1v) is 30.3. The van der Waals surface area contributed by atoms with Gasteiger partial charge in [-0.1, -0.05) is 27.7 Å². The SMILES string of the molecule is CC(=O)OC[C@H]1O[C@@H](O[C@H]2[C@H](OC(C)=O)[C@@H](O)[C@@H](O[C@H]3CC[C@@]4(C)[C@H](CC[C@@H]5[C@@H]4CC[C@]4(C)[C@@H]6[C@H](C[C@@H]54)O[C@]4(CC[C@H](C)CO4)[C@H]6C)C3)O[C@@H]2CO[C@@H]2OC[C@H](OC(C)=O)[C@H](OC(C)=O)[C@H]2OC(C)=O)[C@H](OC(C)=O)[C@@H](OC(C)=O)[C@@H]1OC(C)=O. The molecule has 9 fully saturated rings. The zero-order chi connectivity index (χ0) is 61.6. The van der Waals surface area contributed by atoms with Gasteiger partial charge in [0.05, 0.1) is 32.0 Å². The van der Waals surface area contributed by atoms with Gasteiger partial charge in [-0.2, -0.15) is 0 Å². The zero-order valence-electron chi connectivity index (χ0n) is 50.9. The van der Waals surface area contributed by atoms with E-state index in [0.717, 1.165) is 113 Å². The van der Waals surface area contributed by atoms with Gasteiger partial charge in [0.1, 0.15) is 31.0 Å². The maximum atomic E-state index is 13.2. The van der Waals surface area contributed by atoms with Gasteiger partial charge in [0, 0.05) is 67.7 Å². The van der Waals surface area contributed by atoms with Gasteiger partial charge in [-0.05, 0) is 104 Å². The number of rotatable bonds is 16. The van der Waals surface area contributed by atoms with Crippen LogP contribution in [0.1, 0.15) is 147 Å². The molecule has 9 rings (SSSR count). The van der Waals surface area contributed by atoms with Crippen LogP contribution in [0.25, 0.3) is 0 Å². The third-order valence-electron chi connectivity index (χ3n) is 20.1. The highest BCUT2D eigenvalue weighted by Gasteiger charge is 2.69. The Bertz CT molecular complexity index is 2460. The molecule has 0 amide bonds. The van der Waals surface area contributed by atoms with E-state index < -0.39 is 165 Å². The van der Waals surface area contributed by atoms with E-state index in [1.807, 2.05) is 0 Å². The van der Waals surface area contributed by atoms with Crippen molar-refractivity contribution in [1.82, 2.24) is 0 Å². The lowest BCUT2D eigenvalue weighted by Gasteiger charge is -2.61. The standard InChI is InChI=1S/C60H88O25/c1-27-15-20-60(73-23-27)28(2)46-42(85-60)22-41-39-14-13-37-21-38(16-18-58(37,11)40(39)17-19-59(41,46)12)81-55-47(69)51(77-33(7)65)48(45(82-55)26-72-56-53(79-35(9)67)50(76-32(6)64)43(25-71-56)74-30(4)62)84-57-54(80-36(10)68)52(78-34(8)66)49(75-31(5)63)44(83-57)24-70-29(3)61/h27-28,37-57,69H,13-26H2,1-12H3/t27-,28-,37+,38-,39+,40-,41-,42-,43-,44+,45+,46-,47+,48+,49+,50-,51+,52-,53+,54+,55-,56-,57-,58-,59-,60+/m0/s1. The molecule has 478 valence electrons. The van der Waals surface area contributed by atoms with Gasteiger partial charge in [0.2, 0.25) is 0 Å². The number of hydrogen-bond acceptors (Lipinski definition) is 25. The van der Waals surface area contributed by atoms with Gasteiger partial charge in [-0.25, -0.2) is 0 Å². The summed E-state index contributed by atoms with van der Waals surface area (Å²) >= 11 is 0. The molecule has 26 atom stereocenters. The van der Waals surface area contributed by atoms with Crippen molar-refractivity contribution < 1.29 is 119 Å². The van der Waals surface area contributed by atoms with Crippen LogP contribution in [0.4, 0.5) is 0 Å². The molecule has 0 bridgehead atoms. The lowest BCUT2D eigenvalue weighted by atomic mass is 9.44. The van der Waals surface area contributed by atoms with E-state index >= 15 is 0 Å². The van der Waals surface area contributed by atoms with Crippen molar-refractivity contribution in [3.8, 4) is 0 Å². The molecule has 25 heteroatoms. The van der Waals surface area contributed by atoms with Crippen LogP contribution in [0.5, 0.6) is 0 Å². The molecule has 0 aromatic rings. The lowest BCUT2D eigenvalue weighted by molar-refractivity contribution is -0.370. The first kappa shape index (κ1) is 64.9. The van der Waals surface area contributed by atoms with E-state index in [1.54, 1.807) is 0 Å². The van der Waals surface area contributed by atoms with Gasteiger partial charge < -0.3 is 80.9 Å². The van der Waals surface area contributed by atoms with Crippen molar-refractivity contribution in [2.45, 2.75) is 251 Å². The van der Waals surface area contributed by atoms with E-state index in [9.17, 15) is 43.5 Å². The summed E-state index contributed by atoms with van der Waals surface area (Å²) in [5.74, 6) is -4.19. The summed E-state index contributed by atoms with van der Waals surface area (Å²) in [7, 11) is 0. The third-order valence-corrected chi connectivity index (χ3v) is 20.1. The van der Waals surface area contributed by atoms with Crippen molar-refractivity contribution in [3.05, 3.63) is 0 Å². The molecule has 1 spiro atoms. The molecule has 0 radical (unpaired) electrons. The lowest BCUT2D eigenvalue weighted by Crippen LogP contribution is -2.67. The monoisotopic (exact) mass is 1210 g/mol. The number of hydrogen-bond donors (Lipinski definition) is 1. The van der Waals surface area contributed by atoms with Gasteiger partial charge in [0.15, 0.2) is 67.4 Å². The largest absolute Gasteiger partial charge is 0.463 e. The number of aliphatic hydroxyl groups excluding tert-OH is 1. The summed E-state index contributed by atoms with van der Waals surface area (Å²) < 4.78 is 97.1. The molecule has 0 aromatic heterocycles. The van der Waals surface area contributed by atoms with Crippen molar-refractivity contribution in [2.75, 3.05) is 26.4 Å². The number of fused-ring (bicyclic) bond motifs is 7. The summed E-state index contributed by atoms with van der Waals surface area (Å²) in [6, 6.07) is 0. The number of esters is 8. The van der Waals surface area contributed by atoms with Crippen LogP contribution in [0.2, 0.25) is 0 Å². The third kappa shape index (κ3) is 13.7. The van der Waals surface area contributed by atoms with Gasteiger partial charge >= 0.3 is 47.8 Å². The van der Waals surface area contributed by atoms with Crippen LogP contribution >= 0.6 is 0 Å². The molecule has 4 saturated carbocycles. The van der Waals surface area contributed by atoms with E-state index in [2.05, 4.69) is 27.7 Å². The summed E-state index contributed by atoms with van der Waals surface area (Å²) in [6.45, 7) is 17.3. The quantitative estimate of drug-likeness (QED) is 0.127. The van der Waals surface area contributed by atoms with E-state index in [0.29, 0.717) is 48.3 Å². The Morgan fingerprint density at radius 3 is 1.72 bits per heavy atom. The predicted octanol–water partition coefficient (Wildman–Crippen LogP) is 4.47. The molecule has 5 aliphatic heterocycles. The highest BCUT2D eigenvalue weighted by Crippen LogP contribution is 2.71. The second-order valence-corrected chi connectivity index (χ2v) is 25.8. The van der Waals surface area contributed by atoms with Crippen LogP contribution in [0.3, 0.4) is 0 Å². The summed E-state index contributed by atoms with van der Waals surface area (Å²) in [5, 5.41) is 12.5. The maximum Gasteiger partial charge on any atom is 0.303 e. The Balaban J connectivity index is 0.990. The zero-order valence-corrected chi connectivity index (χ0v) is 50.9. The number of ether oxygens (including phenoxy) is 16. The minimum atomic E-state index is -1.88. The number of carbonyl (C=O) groups excluding carboxylic acids is 8. The van der Waals surface area contributed by atoms with Gasteiger partial charge in [0.25, 0.3) is 0 Å². The Labute approximate surface area is 495 Å². The van der Waals surface area contributed by atoms with Crippen LogP contribution < -0.4 is 0 Å². The number of aliphatic hydroxyl groups is 1. The highest BCUT2D eigenvalue weighted by molar-refractivity contribution is 5.70. The van der Waals surface area contributed by atoms with Gasteiger partial charge in [-0.3, -0.25) is 38.4 Å². The first-order chi connectivity index (χ1) is 40.1. The van der Waals surface area contributed by atoms with Crippen LogP contribution in [0.15, 0.2) is 0 Å². The second-order valence-electron chi connectivity index (χ2n) is 25.8. The molecule has 0 unspecified atom stereocenters. The molecule has 85 heavy (non-hydrogen) atoms. The van der Waals surface area contributed by atoms with E-state index in [4.69, 9.17) is 75.8 Å². The molecule has 1 N–H and O–H groups in total. The molecule has 9 aliphatic rings. The first-order valence-electron chi connectivity index (χ1n) is 30.3. The second kappa shape index (κ2) is 26.2. The molecule has 25 nitrogen and oxygen atoms in total. The topological polar surface area (TPSA) is 304 Å². The fourth-order valence-electron chi connectivity index (χ4n) is 16.7. The Morgan fingerprint density at radius 1 is 0.518 bits per heavy atom. The normalized spacial score (nSPS) is 44.6.